The van der Waals surface area contributed by atoms with Crippen molar-refractivity contribution in [1.29, 1.82) is 0 Å². The van der Waals surface area contributed by atoms with E-state index in [1.54, 1.807) is 26.6 Å². The van der Waals surface area contributed by atoms with Crippen molar-refractivity contribution in [1.82, 2.24) is 9.97 Å². The highest BCUT2D eigenvalue weighted by atomic mass is 35.5. The van der Waals surface area contributed by atoms with Crippen LogP contribution in [0.15, 0.2) is 65.7 Å². The lowest BCUT2D eigenvalue weighted by atomic mass is 9.94. The Morgan fingerprint density at radius 1 is 1.03 bits per heavy atom. The van der Waals surface area contributed by atoms with Crippen LogP contribution in [0.25, 0.3) is 33.2 Å². The van der Waals surface area contributed by atoms with Crippen LogP contribution in [0.3, 0.4) is 0 Å². The second-order valence-electron chi connectivity index (χ2n) is 6.70. The molecule has 0 aliphatic rings. The summed E-state index contributed by atoms with van der Waals surface area (Å²) in [5.74, 6) is 1.16. The quantitative estimate of drug-likeness (QED) is 0.423. The van der Waals surface area contributed by atoms with Crippen molar-refractivity contribution in [3.05, 3.63) is 65.8 Å². The van der Waals surface area contributed by atoms with Crippen LogP contribution in [-0.2, 0) is 11.2 Å². The third-order valence-corrected chi connectivity index (χ3v) is 6.06. The molecule has 1 aromatic heterocycles. The fourth-order valence-corrected chi connectivity index (χ4v) is 4.14. The predicted molar refractivity (Wildman–Crippen MR) is 124 cm³/mol. The maximum atomic E-state index is 11.8. The van der Waals surface area contributed by atoms with E-state index in [4.69, 9.17) is 16.3 Å². The summed E-state index contributed by atoms with van der Waals surface area (Å²) < 4.78 is 17.6. The molecule has 0 spiro atoms. The molecule has 152 valence electrons. The molecule has 0 saturated heterocycles. The van der Waals surface area contributed by atoms with Gasteiger partial charge in [0.05, 0.1) is 7.11 Å². The Kier molecular flexibility index (Phi) is 5.81. The molecule has 4 aromatic rings. The molecule has 3 aromatic carbocycles. The largest absolute Gasteiger partial charge is 0.612 e. The Morgan fingerprint density at radius 3 is 2.43 bits per heavy atom. The first-order valence-corrected chi connectivity index (χ1v) is 11.2. The van der Waals surface area contributed by atoms with E-state index in [0.717, 1.165) is 32.5 Å². The number of aromatic nitrogens is 2. The maximum Gasteiger partial charge on any atom is 0.223 e. The number of nitrogens with one attached hydrogen (secondary N) is 1. The average Bonchev–Trinajstić information content (AvgIpc) is 2.77. The summed E-state index contributed by atoms with van der Waals surface area (Å²) >= 11 is 5.22. The monoisotopic (exact) mass is 437 g/mol. The number of nitrogens with zero attached hydrogens (tertiary/aromatic N) is 2. The van der Waals surface area contributed by atoms with Gasteiger partial charge in [-0.15, -0.1) is 0 Å². The first-order valence-electron chi connectivity index (χ1n) is 9.27. The normalized spacial score (nSPS) is 12.0. The third kappa shape index (κ3) is 3.81. The van der Waals surface area contributed by atoms with Crippen LogP contribution in [0.2, 0.25) is 5.02 Å². The smallest absolute Gasteiger partial charge is 0.223 e. The number of ether oxygens (including phenoxy) is 1. The first-order chi connectivity index (χ1) is 14.5. The van der Waals surface area contributed by atoms with E-state index in [0.29, 0.717) is 22.2 Å². The summed E-state index contributed by atoms with van der Waals surface area (Å²) in [6, 6.07) is 17.4. The summed E-state index contributed by atoms with van der Waals surface area (Å²) in [5.41, 5.74) is 4.44. The van der Waals surface area contributed by atoms with Gasteiger partial charge < -0.3 is 14.6 Å². The summed E-state index contributed by atoms with van der Waals surface area (Å²) in [5, 5.41) is 4.50. The molecule has 1 atom stereocenters. The van der Waals surface area contributed by atoms with E-state index >= 15 is 0 Å². The molecule has 0 amide bonds. The molecule has 30 heavy (non-hydrogen) atoms. The molecule has 0 fully saturated rings. The summed E-state index contributed by atoms with van der Waals surface area (Å²) in [4.78, 5) is 9.85. The molecule has 0 aliphatic heterocycles. The number of fused-ring (bicyclic) bond motifs is 1. The van der Waals surface area contributed by atoms with Gasteiger partial charge in [0.15, 0.2) is 10.6 Å². The van der Waals surface area contributed by atoms with Crippen molar-refractivity contribution in [2.45, 2.75) is 4.90 Å². The van der Waals surface area contributed by atoms with E-state index < -0.39 is 11.2 Å². The number of benzene rings is 3. The second-order valence-corrected chi connectivity index (χ2v) is 8.52. The Balaban J connectivity index is 2.03. The number of rotatable bonds is 5. The van der Waals surface area contributed by atoms with E-state index in [9.17, 15) is 4.55 Å². The lowest BCUT2D eigenvalue weighted by Crippen LogP contribution is -2.00. The molecule has 5 nitrogen and oxygen atoms in total. The van der Waals surface area contributed by atoms with Crippen molar-refractivity contribution in [3.63, 3.8) is 0 Å². The molecule has 7 heteroatoms. The highest BCUT2D eigenvalue weighted by Crippen LogP contribution is 2.42. The van der Waals surface area contributed by atoms with Crippen LogP contribution < -0.4 is 10.1 Å². The molecule has 1 unspecified atom stereocenters. The zero-order valence-corrected chi connectivity index (χ0v) is 18.3. The van der Waals surface area contributed by atoms with Crippen LogP contribution in [0.5, 0.6) is 5.75 Å². The number of methoxy groups -OCH3 is 1. The fourth-order valence-electron chi connectivity index (χ4n) is 3.43. The van der Waals surface area contributed by atoms with Crippen LogP contribution in [0.4, 0.5) is 5.95 Å². The fraction of sp³-hybridized carbons (Fsp3) is 0.130. The van der Waals surface area contributed by atoms with Crippen LogP contribution in [0.1, 0.15) is 0 Å². The summed E-state index contributed by atoms with van der Waals surface area (Å²) in [7, 11) is 3.41. The van der Waals surface area contributed by atoms with Gasteiger partial charge >= 0.3 is 0 Å². The van der Waals surface area contributed by atoms with Gasteiger partial charge in [0.2, 0.25) is 5.95 Å². The summed E-state index contributed by atoms with van der Waals surface area (Å²) in [6.45, 7) is 0. The van der Waals surface area contributed by atoms with E-state index in [2.05, 4.69) is 21.4 Å². The van der Waals surface area contributed by atoms with Crippen molar-refractivity contribution in [3.8, 4) is 28.0 Å². The van der Waals surface area contributed by atoms with Gasteiger partial charge in [0, 0.05) is 29.2 Å². The van der Waals surface area contributed by atoms with Gasteiger partial charge in [0.25, 0.3) is 0 Å². The van der Waals surface area contributed by atoms with Crippen LogP contribution >= 0.6 is 11.6 Å². The Labute approximate surface area is 183 Å². The molecule has 0 aliphatic carbocycles. The van der Waals surface area contributed by atoms with Crippen molar-refractivity contribution >= 4 is 39.6 Å². The highest BCUT2D eigenvalue weighted by Gasteiger charge is 2.18. The van der Waals surface area contributed by atoms with E-state index in [-0.39, 0.29) is 0 Å². The Hall–Kier alpha value is -2.80. The average molecular weight is 438 g/mol. The molecule has 4 rings (SSSR count). The van der Waals surface area contributed by atoms with Gasteiger partial charge in [-0.1, -0.05) is 23.7 Å². The standard InChI is InChI=1S/C23H20ClN3O2S/c1-25-23-26-13-20-18(15-5-4-6-16(24)11-15)12-19(22(29-2)21(20)27-23)14-7-9-17(10-8-14)30(3)28/h4-13H,1-3H3,(H,25,26,27). The van der Waals surface area contributed by atoms with Crippen molar-refractivity contribution < 1.29 is 9.29 Å². The molecule has 0 saturated carbocycles. The number of hydrogen-bond donors (Lipinski definition) is 1. The SMILES string of the molecule is CNc1ncc2c(-c3cccc(Cl)c3)cc(-c3ccc([S+](C)[O-])cc3)c(OC)c2n1. The third-order valence-electron chi connectivity index (χ3n) is 4.89. The van der Waals surface area contributed by atoms with Gasteiger partial charge in [-0.25, -0.2) is 9.97 Å². The highest BCUT2D eigenvalue weighted by molar-refractivity contribution is 7.90. The Bertz CT molecular complexity index is 1210. The van der Waals surface area contributed by atoms with Crippen molar-refractivity contribution in [2.24, 2.45) is 0 Å². The minimum atomic E-state index is -1.04. The maximum absolute atomic E-state index is 11.8. The van der Waals surface area contributed by atoms with E-state index in [1.807, 2.05) is 48.5 Å². The summed E-state index contributed by atoms with van der Waals surface area (Å²) in [6.07, 6.45) is 3.46. The Morgan fingerprint density at radius 2 is 1.80 bits per heavy atom. The van der Waals surface area contributed by atoms with Crippen molar-refractivity contribution in [2.75, 3.05) is 25.7 Å². The van der Waals surface area contributed by atoms with Gasteiger partial charge in [-0.2, -0.15) is 0 Å². The molecule has 0 bridgehead atoms. The topological polar surface area (TPSA) is 70.1 Å². The predicted octanol–water partition coefficient (Wildman–Crippen LogP) is 5.40. The van der Waals surface area contributed by atoms with Gasteiger partial charge in [-0.05, 0) is 70.3 Å². The number of anilines is 1. The van der Waals surface area contributed by atoms with Crippen LogP contribution in [-0.4, -0.2) is 34.9 Å². The van der Waals surface area contributed by atoms with Crippen LogP contribution in [0, 0.1) is 0 Å². The zero-order chi connectivity index (χ0) is 21.3. The number of halogens is 1. The first kappa shape index (κ1) is 20.5. The van der Waals surface area contributed by atoms with Gasteiger partial charge in [0.1, 0.15) is 11.8 Å². The molecule has 0 radical (unpaired) electrons. The number of hydrogen-bond acceptors (Lipinski definition) is 5. The zero-order valence-electron chi connectivity index (χ0n) is 16.8. The molecular weight excluding hydrogens is 418 g/mol. The minimum absolute atomic E-state index is 0.506. The molecule has 1 heterocycles. The second kappa shape index (κ2) is 8.52. The van der Waals surface area contributed by atoms with E-state index in [1.165, 1.54) is 0 Å². The minimum Gasteiger partial charge on any atom is -0.612 e. The molecule has 1 N–H and O–H groups in total. The lowest BCUT2D eigenvalue weighted by molar-refractivity contribution is 0.420. The molecular formula is C23H20ClN3O2S. The van der Waals surface area contributed by atoms with Gasteiger partial charge in [-0.3, -0.25) is 0 Å². The lowest BCUT2D eigenvalue weighted by Gasteiger charge is -2.16.